The Labute approximate surface area is 104 Å². The zero-order valence-electron chi connectivity index (χ0n) is 11.5. The van der Waals surface area contributed by atoms with Crippen molar-refractivity contribution in [2.45, 2.75) is 40.7 Å². The maximum absolute atomic E-state index is 12.1. The molecule has 0 heterocycles. The van der Waals surface area contributed by atoms with Crippen LogP contribution >= 0.6 is 0 Å². The molecule has 0 aromatic rings. The van der Waals surface area contributed by atoms with E-state index in [1.54, 1.807) is 0 Å². The Morgan fingerprint density at radius 1 is 1.29 bits per heavy atom. The zero-order valence-corrected chi connectivity index (χ0v) is 11.5. The van der Waals surface area contributed by atoms with Gasteiger partial charge in [-0.2, -0.15) is 0 Å². The van der Waals surface area contributed by atoms with E-state index in [9.17, 15) is 9.59 Å². The summed E-state index contributed by atoms with van der Waals surface area (Å²) >= 11 is 0. The van der Waals surface area contributed by atoms with E-state index in [4.69, 9.17) is 5.73 Å². The van der Waals surface area contributed by atoms with Gasteiger partial charge < -0.3 is 16.0 Å². The van der Waals surface area contributed by atoms with Crippen LogP contribution in [0.2, 0.25) is 0 Å². The number of likely N-dealkylation sites (N-methyl/N-ethyl adjacent to an activating group) is 2. The molecule has 0 unspecified atom stereocenters. The quantitative estimate of drug-likeness (QED) is 0.731. The van der Waals surface area contributed by atoms with Crippen LogP contribution in [0.5, 0.6) is 0 Å². The van der Waals surface area contributed by atoms with Gasteiger partial charge in [-0.3, -0.25) is 9.59 Å². The van der Waals surface area contributed by atoms with Crippen LogP contribution in [-0.2, 0) is 9.59 Å². The summed E-state index contributed by atoms with van der Waals surface area (Å²) in [5.74, 6) is -0.324. The first-order valence-electron chi connectivity index (χ1n) is 6.05. The van der Waals surface area contributed by atoms with Crippen molar-refractivity contribution in [3.05, 3.63) is 0 Å². The molecule has 100 valence electrons. The van der Waals surface area contributed by atoms with Gasteiger partial charge in [0.25, 0.3) is 0 Å². The predicted octanol–water partition coefficient (Wildman–Crippen LogP) is 0.344. The summed E-state index contributed by atoms with van der Waals surface area (Å²) in [6.07, 6.45) is 0. The third-order valence-electron chi connectivity index (χ3n) is 2.60. The van der Waals surface area contributed by atoms with Crippen LogP contribution in [0, 0.1) is 5.41 Å². The van der Waals surface area contributed by atoms with Gasteiger partial charge in [-0.15, -0.1) is 0 Å². The van der Waals surface area contributed by atoms with Gasteiger partial charge in [-0.25, -0.2) is 0 Å². The van der Waals surface area contributed by atoms with Crippen LogP contribution < -0.4 is 11.1 Å². The number of hydrogen-bond acceptors (Lipinski definition) is 3. The highest BCUT2D eigenvalue weighted by atomic mass is 16.2. The van der Waals surface area contributed by atoms with Crippen LogP contribution in [0.1, 0.15) is 34.6 Å². The smallest absolute Gasteiger partial charge is 0.240 e. The lowest BCUT2D eigenvalue weighted by Crippen LogP contribution is -2.52. The molecular weight excluding hydrogens is 218 g/mol. The van der Waals surface area contributed by atoms with Crippen molar-refractivity contribution < 1.29 is 9.59 Å². The van der Waals surface area contributed by atoms with Crippen molar-refractivity contribution in [2.24, 2.45) is 11.1 Å². The second-order valence-corrected chi connectivity index (χ2v) is 5.15. The van der Waals surface area contributed by atoms with E-state index >= 15 is 0 Å². The lowest BCUT2D eigenvalue weighted by Gasteiger charge is -2.31. The standard InChI is InChI=1S/C12H25N3O2/c1-6-14-9(16)8-15(7-2)11(17)10(13)12(3,4)5/h10H,6-8,13H2,1-5H3,(H,14,16)/t10-/m1/s1. The minimum Gasteiger partial charge on any atom is -0.355 e. The summed E-state index contributed by atoms with van der Waals surface area (Å²) in [5, 5.41) is 2.67. The minimum atomic E-state index is -0.586. The molecule has 0 bridgehead atoms. The first-order chi connectivity index (χ1) is 7.73. The molecule has 17 heavy (non-hydrogen) atoms. The van der Waals surface area contributed by atoms with Gasteiger partial charge in [0, 0.05) is 13.1 Å². The maximum atomic E-state index is 12.1. The third kappa shape index (κ3) is 5.17. The fraction of sp³-hybridized carbons (Fsp3) is 0.833. The average molecular weight is 243 g/mol. The molecule has 0 aliphatic rings. The number of nitrogens with two attached hydrogens (primary N) is 1. The molecule has 5 nitrogen and oxygen atoms in total. The number of hydrogen-bond donors (Lipinski definition) is 2. The lowest BCUT2D eigenvalue weighted by molar-refractivity contribution is -0.138. The van der Waals surface area contributed by atoms with Gasteiger partial charge in [0.1, 0.15) is 0 Å². The van der Waals surface area contributed by atoms with Gasteiger partial charge in [-0.05, 0) is 19.3 Å². The summed E-state index contributed by atoms with van der Waals surface area (Å²) < 4.78 is 0. The largest absolute Gasteiger partial charge is 0.355 e. The first kappa shape index (κ1) is 15.9. The van der Waals surface area contributed by atoms with Gasteiger partial charge in [-0.1, -0.05) is 20.8 Å². The summed E-state index contributed by atoms with van der Waals surface area (Å²) in [7, 11) is 0. The van der Waals surface area contributed by atoms with Gasteiger partial charge in [0.05, 0.1) is 12.6 Å². The topological polar surface area (TPSA) is 75.4 Å². The molecule has 0 aliphatic heterocycles. The Morgan fingerprint density at radius 3 is 2.18 bits per heavy atom. The van der Waals surface area contributed by atoms with Crippen LogP contribution in [0.4, 0.5) is 0 Å². The van der Waals surface area contributed by atoms with Crippen LogP contribution in [0.15, 0.2) is 0 Å². The van der Waals surface area contributed by atoms with E-state index < -0.39 is 6.04 Å². The number of carbonyl (C=O) groups is 2. The van der Waals surface area contributed by atoms with E-state index in [0.717, 1.165) is 0 Å². The van der Waals surface area contributed by atoms with Crippen molar-refractivity contribution in [1.82, 2.24) is 10.2 Å². The molecule has 5 heteroatoms. The highest BCUT2D eigenvalue weighted by molar-refractivity contribution is 5.87. The number of nitrogens with one attached hydrogen (secondary N) is 1. The summed E-state index contributed by atoms with van der Waals surface area (Å²) in [6.45, 7) is 10.5. The van der Waals surface area contributed by atoms with E-state index in [2.05, 4.69) is 5.32 Å². The normalized spacial score (nSPS) is 13.1. The van der Waals surface area contributed by atoms with E-state index in [-0.39, 0.29) is 23.8 Å². The minimum absolute atomic E-state index is 0.0763. The highest BCUT2D eigenvalue weighted by Gasteiger charge is 2.31. The van der Waals surface area contributed by atoms with Crippen molar-refractivity contribution in [3.63, 3.8) is 0 Å². The second kappa shape index (κ2) is 6.59. The first-order valence-corrected chi connectivity index (χ1v) is 6.05. The molecule has 0 spiro atoms. The lowest BCUT2D eigenvalue weighted by atomic mass is 9.86. The van der Waals surface area contributed by atoms with Gasteiger partial charge in [0.2, 0.25) is 11.8 Å². The summed E-state index contributed by atoms with van der Waals surface area (Å²) in [4.78, 5) is 25.0. The molecule has 0 aromatic heterocycles. The Bertz CT molecular complexity index is 271. The van der Waals surface area contributed by atoms with E-state index in [1.807, 2.05) is 34.6 Å². The second-order valence-electron chi connectivity index (χ2n) is 5.15. The van der Waals surface area contributed by atoms with E-state index in [0.29, 0.717) is 13.1 Å². The van der Waals surface area contributed by atoms with Gasteiger partial charge in [0.15, 0.2) is 0 Å². The predicted molar refractivity (Wildman–Crippen MR) is 68.4 cm³/mol. The number of amides is 2. The monoisotopic (exact) mass is 243 g/mol. The Balaban J connectivity index is 4.56. The summed E-state index contributed by atoms with van der Waals surface area (Å²) in [6, 6.07) is -0.586. The Morgan fingerprint density at radius 2 is 1.82 bits per heavy atom. The molecule has 0 fully saturated rings. The number of carbonyl (C=O) groups excluding carboxylic acids is 2. The fourth-order valence-electron chi connectivity index (χ4n) is 1.34. The molecule has 0 saturated carbocycles. The molecule has 0 aliphatic carbocycles. The molecular formula is C12H25N3O2. The maximum Gasteiger partial charge on any atom is 0.240 e. The zero-order chi connectivity index (χ0) is 13.6. The van der Waals surface area contributed by atoms with Crippen LogP contribution in [0.25, 0.3) is 0 Å². The van der Waals surface area contributed by atoms with E-state index in [1.165, 1.54) is 4.90 Å². The van der Waals surface area contributed by atoms with Crippen LogP contribution in [0.3, 0.4) is 0 Å². The Hall–Kier alpha value is -1.10. The summed E-state index contributed by atoms with van der Waals surface area (Å²) in [5.41, 5.74) is 5.60. The van der Waals surface area contributed by atoms with Crippen LogP contribution in [-0.4, -0.2) is 42.4 Å². The molecule has 1 atom stereocenters. The highest BCUT2D eigenvalue weighted by Crippen LogP contribution is 2.18. The SMILES string of the molecule is CCNC(=O)CN(CC)C(=O)[C@@H](N)C(C)(C)C. The van der Waals surface area contributed by atoms with Gasteiger partial charge >= 0.3 is 0 Å². The third-order valence-corrected chi connectivity index (χ3v) is 2.60. The molecule has 0 saturated heterocycles. The Kier molecular flexibility index (Phi) is 6.16. The molecule has 3 N–H and O–H groups in total. The molecule has 0 rings (SSSR count). The van der Waals surface area contributed by atoms with Crippen molar-refractivity contribution in [2.75, 3.05) is 19.6 Å². The number of nitrogens with zero attached hydrogens (tertiary/aromatic N) is 1. The average Bonchev–Trinajstić information content (AvgIpc) is 2.23. The molecule has 0 aromatic carbocycles. The molecule has 2 amide bonds. The fourth-order valence-corrected chi connectivity index (χ4v) is 1.34. The van der Waals surface area contributed by atoms with Crippen molar-refractivity contribution >= 4 is 11.8 Å². The molecule has 0 radical (unpaired) electrons. The van der Waals surface area contributed by atoms with Crippen molar-refractivity contribution in [1.29, 1.82) is 0 Å². The van der Waals surface area contributed by atoms with Crippen molar-refractivity contribution in [3.8, 4) is 0 Å². The number of rotatable bonds is 5.